The number of halogens is 1. The van der Waals surface area contributed by atoms with E-state index < -0.39 is 5.97 Å². The highest BCUT2D eigenvalue weighted by molar-refractivity contribution is 5.90. The van der Waals surface area contributed by atoms with Crippen molar-refractivity contribution in [2.75, 3.05) is 0 Å². The molecular formula is C17H15FO2. The minimum absolute atomic E-state index is 0.267. The molecule has 0 heterocycles. The van der Waals surface area contributed by atoms with Crippen molar-refractivity contribution < 1.29 is 14.3 Å². The third-order valence-electron chi connectivity index (χ3n) is 3.12. The molecule has 102 valence electrons. The Hall–Kier alpha value is -2.42. The Balaban J connectivity index is 2.36. The molecule has 0 spiro atoms. The van der Waals surface area contributed by atoms with Crippen LogP contribution < -0.4 is 0 Å². The molecule has 0 aliphatic heterocycles. The van der Waals surface area contributed by atoms with E-state index in [1.54, 1.807) is 30.3 Å². The van der Waals surface area contributed by atoms with Gasteiger partial charge in [-0.15, -0.1) is 0 Å². The number of aliphatic carboxylic acids is 1. The quantitative estimate of drug-likeness (QED) is 0.837. The molecule has 0 saturated carbocycles. The van der Waals surface area contributed by atoms with Gasteiger partial charge in [-0.25, -0.2) is 9.18 Å². The van der Waals surface area contributed by atoms with E-state index in [4.69, 9.17) is 5.11 Å². The van der Waals surface area contributed by atoms with Gasteiger partial charge in [0.05, 0.1) is 0 Å². The first-order valence-electron chi connectivity index (χ1n) is 6.40. The Bertz CT molecular complexity index is 642. The molecule has 0 aromatic heterocycles. The molecule has 3 heteroatoms. The summed E-state index contributed by atoms with van der Waals surface area (Å²) >= 11 is 0. The van der Waals surface area contributed by atoms with Crippen molar-refractivity contribution in [1.29, 1.82) is 0 Å². The fraction of sp³-hybridized carbons (Fsp3) is 0.118. The zero-order valence-electron chi connectivity index (χ0n) is 11.1. The highest BCUT2D eigenvalue weighted by Crippen LogP contribution is 2.25. The van der Waals surface area contributed by atoms with Gasteiger partial charge in [0.1, 0.15) is 5.82 Å². The topological polar surface area (TPSA) is 37.3 Å². The Morgan fingerprint density at radius 2 is 1.80 bits per heavy atom. The van der Waals surface area contributed by atoms with Crippen molar-refractivity contribution in [3.8, 4) is 11.1 Å². The average Bonchev–Trinajstić information content (AvgIpc) is 2.45. The lowest BCUT2D eigenvalue weighted by molar-refractivity contribution is -0.131. The van der Waals surface area contributed by atoms with E-state index in [0.29, 0.717) is 12.0 Å². The summed E-state index contributed by atoms with van der Waals surface area (Å²) in [6, 6.07) is 13.8. The zero-order valence-corrected chi connectivity index (χ0v) is 11.1. The minimum atomic E-state index is -0.958. The molecule has 2 aromatic carbocycles. The van der Waals surface area contributed by atoms with Crippen LogP contribution in [0.4, 0.5) is 4.39 Å². The van der Waals surface area contributed by atoms with E-state index >= 15 is 0 Å². The van der Waals surface area contributed by atoms with Gasteiger partial charge in [0.15, 0.2) is 0 Å². The van der Waals surface area contributed by atoms with E-state index in [1.165, 1.54) is 12.1 Å². The second-order valence-corrected chi connectivity index (χ2v) is 4.42. The number of benzene rings is 2. The largest absolute Gasteiger partial charge is 0.478 e. The van der Waals surface area contributed by atoms with Crippen molar-refractivity contribution in [2.24, 2.45) is 0 Å². The van der Waals surface area contributed by atoms with Gasteiger partial charge in [0.25, 0.3) is 0 Å². The van der Waals surface area contributed by atoms with Crippen LogP contribution in [-0.4, -0.2) is 11.1 Å². The predicted molar refractivity (Wildman–Crippen MR) is 77.7 cm³/mol. The van der Waals surface area contributed by atoms with Crippen LogP contribution in [0.5, 0.6) is 0 Å². The summed E-state index contributed by atoms with van der Waals surface area (Å²) in [6.07, 6.45) is 1.84. The number of rotatable bonds is 4. The summed E-state index contributed by atoms with van der Waals surface area (Å²) in [7, 11) is 0. The molecule has 0 radical (unpaired) electrons. The first-order valence-corrected chi connectivity index (χ1v) is 6.40. The second kappa shape index (κ2) is 6.15. The first-order chi connectivity index (χ1) is 9.61. The number of carboxylic acids is 1. The molecule has 0 atom stereocenters. The summed E-state index contributed by atoms with van der Waals surface area (Å²) in [6.45, 7) is 1.90. The van der Waals surface area contributed by atoms with Gasteiger partial charge in [-0.1, -0.05) is 49.4 Å². The van der Waals surface area contributed by atoms with Crippen LogP contribution in [0.3, 0.4) is 0 Å². The van der Waals surface area contributed by atoms with Crippen molar-refractivity contribution >= 4 is 11.5 Å². The van der Waals surface area contributed by atoms with E-state index in [1.807, 2.05) is 19.1 Å². The van der Waals surface area contributed by atoms with Crippen molar-refractivity contribution in [2.45, 2.75) is 13.3 Å². The highest BCUT2D eigenvalue weighted by Gasteiger charge is 2.06. The van der Waals surface area contributed by atoms with Crippen LogP contribution in [0.2, 0.25) is 0 Å². The molecule has 1 N–H and O–H groups in total. The molecule has 2 rings (SSSR count). The van der Waals surface area contributed by atoms with Crippen LogP contribution in [-0.2, 0) is 4.79 Å². The fourth-order valence-corrected chi connectivity index (χ4v) is 2.10. The predicted octanol–water partition coefficient (Wildman–Crippen LogP) is 4.37. The number of carboxylic acid groups (broad SMARTS) is 1. The lowest BCUT2D eigenvalue weighted by Gasteiger charge is -2.07. The molecular weight excluding hydrogens is 255 g/mol. The molecule has 0 amide bonds. The minimum Gasteiger partial charge on any atom is -0.478 e. The maximum absolute atomic E-state index is 13.7. The van der Waals surface area contributed by atoms with Gasteiger partial charge >= 0.3 is 5.97 Å². The zero-order chi connectivity index (χ0) is 14.5. The standard InChI is InChI=1S/C17H15FO2/c1-2-12(11-17(19)20)13-7-9-14(10-8-13)15-5-3-4-6-16(15)18/h3-11H,2H2,1H3,(H,19,20)/b12-11+. The summed E-state index contributed by atoms with van der Waals surface area (Å²) in [5, 5.41) is 8.82. The molecule has 0 aliphatic rings. The lowest BCUT2D eigenvalue weighted by atomic mass is 9.98. The number of hydrogen-bond acceptors (Lipinski definition) is 1. The van der Waals surface area contributed by atoms with Crippen LogP contribution in [0.15, 0.2) is 54.6 Å². The van der Waals surface area contributed by atoms with E-state index in [2.05, 4.69) is 0 Å². The van der Waals surface area contributed by atoms with Crippen LogP contribution in [0.25, 0.3) is 16.7 Å². The van der Waals surface area contributed by atoms with Crippen LogP contribution >= 0.6 is 0 Å². The van der Waals surface area contributed by atoms with Crippen molar-refractivity contribution in [3.05, 3.63) is 66.0 Å². The molecule has 0 unspecified atom stereocenters. The number of allylic oxidation sites excluding steroid dienone is 1. The molecule has 2 nitrogen and oxygen atoms in total. The van der Waals surface area contributed by atoms with Gasteiger partial charge in [0, 0.05) is 11.6 Å². The highest BCUT2D eigenvalue weighted by atomic mass is 19.1. The smallest absolute Gasteiger partial charge is 0.328 e. The SMILES string of the molecule is CC/C(=C\C(=O)O)c1ccc(-c2ccccc2F)cc1. The van der Waals surface area contributed by atoms with Crippen molar-refractivity contribution in [1.82, 2.24) is 0 Å². The molecule has 0 fully saturated rings. The molecule has 0 saturated heterocycles. The van der Waals surface area contributed by atoms with Gasteiger partial charge in [0.2, 0.25) is 0 Å². The van der Waals surface area contributed by atoms with E-state index in [-0.39, 0.29) is 5.82 Å². The Morgan fingerprint density at radius 1 is 1.15 bits per heavy atom. The summed E-state index contributed by atoms with van der Waals surface area (Å²) < 4.78 is 13.7. The van der Waals surface area contributed by atoms with Crippen molar-refractivity contribution in [3.63, 3.8) is 0 Å². The molecule has 20 heavy (non-hydrogen) atoms. The van der Waals surface area contributed by atoms with Gasteiger partial charge in [-0.05, 0) is 29.2 Å². The van der Waals surface area contributed by atoms with Gasteiger partial charge < -0.3 is 5.11 Å². The van der Waals surface area contributed by atoms with E-state index in [9.17, 15) is 9.18 Å². The Kier molecular flexibility index (Phi) is 4.31. The number of carbonyl (C=O) groups is 1. The maximum atomic E-state index is 13.7. The summed E-state index contributed by atoms with van der Waals surface area (Å²) in [5.74, 6) is -1.22. The number of hydrogen-bond donors (Lipinski definition) is 1. The molecule has 0 aliphatic carbocycles. The second-order valence-electron chi connectivity index (χ2n) is 4.42. The van der Waals surface area contributed by atoms with E-state index in [0.717, 1.165) is 16.7 Å². The normalized spacial score (nSPS) is 11.4. The molecule has 0 bridgehead atoms. The van der Waals surface area contributed by atoms with Gasteiger partial charge in [-0.2, -0.15) is 0 Å². The average molecular weight is 270 g/mol. The third kappa shape index (κ3) is 3.12. The Labute approximate surface area is 117 Å². The third-order valence-corrected chi connectivity index (χ3v) is 3.12. The fourth-order valence-electron chi connectivity index (χ4n) is 2.10. The first kappa shape index (κ1) is 14.0. The van der Waals surface area contributed by atoms with Gasteiger partial charge in [-0.3, -0.25) is 0 Å². The monoisotopic (exact) mass is 270 g/mol. The maximum Gasteiger partial charge on any atom is 0.328 e. The lowest BCUT2D eigenvalue weighted by Crippen LogP contribution is -1.92. The van der Waals surface area contributed by atoms with Crippen LogP contribution in [0.1, 0.15) is 18.9 Å². The molecule has 2 aromatic rings. The summed E-state index contributed by atoms with van der Waals surface area (Å²) in [4.78, 5) is 10.7. The Morgan fingerprint density at radius 3 is 2.35 bits per heavy atom. The van der Waals surface area contributed by atoms with Crippen LogP contribution in [0, 0.1) is 5.82 Å². The summed E-state index contributed by atoms with van der Waals surface area (Å²) in [5.41, 5.74) is 2.91.